The Bertz CT molecular complexity index is 415. The van der Waals surface area contributed by atoms with Gasteiger partial charge in [-0.2, -0.15) is 0 Å². The van der Waals surface area contributed by atoms with Gasteiger partial charge in [0.05, 0.1) is 0 Å². The fraction of sp³-hybridized carbons (Fsp3) is 0.167. The van der Waals surface area contributed by atoms with Gasteiger partial charge in [0.15, 0.2) is 0 Å². The molecule has 0 heterocycles. The highest BCUT2D eigenvalue weighted by molar-refractivity contribution is 14.1. The molecule has 1 N–H and O–H groups in total. The van der Waals surface area contributed by atoms with E-state index in [9.17, 15) is 0 Å². The summed E-state index contributed by atoms with van der Waals surface area (Å²) in [5, 5.41) is 8.35. The van der Waals surface area contributed by atoms with E-state index in [2.05, 4.69) is 46.3 Å². The number of hydrogen-bond acceptors (Lipinski definition) is 2. The molecule has 2 nitrogen and oxygen atoms in total. The van der Waals surface area contributed by atoms with Crippen LogP contribution in [0.4, 0.5) is 0 Å². The van der Waals surface area contributed by atoms with Crippen LogP contribution in [-0.4, -0.2) is 18.3 Å². The molecule has 0 spiro atoms. The van der Waals surface area contributed by atoms with Gasteiger partial charge in [-0.1, -0.05) is 5.92 Å². The third-order valence-corrected chi connectivity index (χ3v) is 2.16. The summed E-state index contributed by atoms with van der Waals surface area (Å²) < 4.78 is 6.50. The highest BCUT2D eigenvalue weighted by Crippen LogP contribution is 2.12. The van der Waals surface area contributed by atoms with Crippen LogP contribution in [0, 0.1) is 27.3 Å². The molecule has 0 fully saturated rings. The van der Waals surface area contributed by atoms with E-state index in [0.29, 0.717) is 6.61 Å². The van der Waals surface area contributed by atoms with E-state index in [1.807, 2.05) is 24.3 Å². The smallest absolute Gasteiger partial charge is 0.150 e. The Morgan fingerprint density at radius 2 is 1.80 bits per heavy atom. The Morgan fingerprint density at radius 3 is 2.47 bits per heavy atom. The van der Waals surface area contributed by atoms with Crippen LogP contribution in [0.2, 0.25) is 0 Å². The summed E-state index contributed by atoms with van der Waals surface area (Å²) in [6, 6.07) is 7.72. The molecule has 0 amide bonds. The molecule has 0 aliphatic heterocycles. The second-order valence-corrected chi connectivity index (χ2v) is 3.75. The lowest BCUT2D eigenvalue weighted by Crippen LogP contribution is -1.93. The van der Waals surface area contributed by atoms with Gasteiger partial charge in [0.2, 0.25) is 0 Å². The van der Waals surface area contributed by atoms with Crippen molar-refractivity contribution in [2.24, 2.45) is 0 Å². The van der Waals surface area contributed by atoms with Gasteiger partial charge in [0.25, 0.3) is 0 Å². The predicted molar refractivity (Wildman–Crippen MR) is 67.3 cm³/mol. The molecule has 0 unspecified atom stereocenters. The first-order valence-electron chi connectivity index (χ1n) is 4.28. The lowest BCUT2D eigenvalue weighted by Gasteiger charge is -2.00. The van der Waals surface area contributed by atoms with E-state index in [1.165, 1.54) is 3.57 Å². The normalized spacial score (nSPS) is 8.13. The Hall–Kier alpha value is -1.17. The lowest BCUT2D eigenvalue weighted by molar-refractivity contribution is 0.350. The van der Waals surface area contributed by atoms with Crippen LogP contribution in [-0.2, 0) is 0 Å². The highest BCUT2D eigenvalue weighted by atomic mass is 127. The first kappa shape index (κ1) is 11.9. The number of halogens is 1. The van der Waals surface area contributed by atoms with E-state index in [1.54, 1.807) is 0 Å². The van der Waals surface area contributed by atoms with E-state index < -0.39 is 0 Å². The summed E-state index contributed by atoms with van der Waals surface area (Å²) in [4.78, 5) is 0. The van der Waals surface area contributed by atoms with Gasteiger partial charge in [0, 0.05) is 3.57 Å². The fourth-order valence-corrected chi connectivity index (χ4v) is 1.17. The maximum Gasteiger partial charge on any atom is 0.150 e. The van der Waals surface area contributed by atoms with Crippen molar-refractivity contribution in [1.29, 1.82) is 0 Å². The van der Waals surface area contributed by atoms with Gasteiger partial charge in [-0.3, -0.25) is 0 Å². The van der Waals surface area contributed by atoms with Crippen LogP contribution in [0.5, 0.6) is 5.75 Å². The third kappa shape index (κ3) is 5.31. The zero-order valence-corrected chi connectivity index (χ0v) is 10.1. The molecule has 0 radical (unpaired) electrons. The Kier molecular flexibility index (Phi) is 5.69. The molecule has 1 aromatic carbocycles. The lowest BCUT2D eigenvalue weighted by atomic mass is 10.3. The summed E-state index contributed by atoms with van der Waals surface area (Å²) >= 11 is 2.23. The van der Waals surface area contributed by atoms with Crippen molar-refractivity contribution in [2.75, 3.05) is 13.2 Å². The summed E-state index contributed by atoms with van der Waals surface area (Å²) in [5.74, 6) is 11.0. The van der Waals surface area contributed by atoms with E-state index in [4.69, 9.17) is 9.84 Å². The van der Waals surface area contributed by atoms with Gasteiger partial charge >= 0.3 is 0 Å². The molecule has 0 aliphatic carbocycles. The van der Waals surface area contributed by atoms with Crippen LogP contribution in [0.15, 0.2) is 24.3 Å². The van der Waals surface area contributed by atoms with Gasteiger partial charge in [-0.25, -0.2) is 0 Å². The zero-order valence-electron chi connectivity index (χ0n) is 7.96. The molecule has 1 aromatic rings. The average molecular weight is 312 g/mol. The topological polar surface area (TPSA) is 29.5 Å². The van der Waals surface area contributed by atoms with Crippen molar-refractivity contribution in [3.05, 3.63) is 27.8 Å². The molecule has 0 aliphatic rings. The molecule has 0 bridgehead atoms. The van der Waals surface area contributed by atoms with Crippen molar-refractivity contribution < 1.29 is 9.84 Å². The highest BCUT2D eigenvalue weighted by Gasteiger charge is 1.90. The molecule has 0 saturated carbocycles. The molecular formula is C12H9IO2. The van der Waals surface area contributed by atoms with E-state index >= 15 is 0 Å². The van der Waals surface area contributed by atoms with Crippen molar-refractivity contribution in [2.45, 2.75) is 0 Å². The molecule has 0 atom stereocenters. The van der Waals surface area contributed by atoms with Crippen LogP contribution in [0.25, 0.3) is 0 Å². The molecule has 3 heteroatoms. The summed E-state index contributed by atoms with van der Waals surface area (Å²) in [5.41, 5.74) is 0. The molecule has 76 valence electrons. The number of hydrogen-bond donors (Lipinski definition) is 1. The minimum Gasteiger partial charge on any atom is -0.481 e. The minimum atomic E-state index is -0.160. The molecule has 15 heavy (non-hydrogen) atoms. The fourth-order valence-electron chi connectivity index (χ4n) is 0.814. The van der Waals surface area contributed by atoms with Crippen molar-refractivity contribution in [3.8, 4) is 29.4 Å². The van der Waals surface area contributed by atoms with Crippen molar-refractivity contribution in [3.63, 3.8) is 0 Å². The van der Waals surface area contributed by atoms with Crippen LogP contribution in [0.1, 0.15) is 0 Å². The second-order valence-electron chi connectivity index (χ2n) is 2.50. The van der Waals surface area contributed by atoms with Crippen molar-refractivity contribution >= 4 is 22.6 Å². The average Bonchev–Trinajstić information content (AvgIpc) is 2.26. The maximum atomic E-state index is 8.35. The number of aliphatic hydroxyl groups is 1. The zero-order chi connectivity index (χ0) is 10.9. The van der Waals surface area contributed by atoms with Gasteiger partial charge in [0.1, 0.15) is 19.0 Å². The van der Waals surface area contributed by atoms with Crippen LogP contribution < -0.4 is 4.74 Å². The number of benzene rings is 1. The Labute approximate surface area is 103 Å². The summed E-state index contributed by atoms with van der Waals surface area (Å²) in [6.45, 7) is 0.146. The van der Waals surface area contributed by atoms with Gasteiger partial charge in [-0.05, 0) is 64.6 Å². The SMILES string of the molecule is OCC#CC#CCOc1ccc(I)cc1. The molecule has 0 saturated heterocycles. The van der Waals surface area contributed by atoms with E-state index in [0.717, 1.165) is 5.75 Å². The largest absolute Gasteiger partial charge is 0.481 e. The number of ether oxygens (including phenoxy) is 1. The quantitative estimate of drug-likeness (QED) is 0.665. The third-order valence-electron chi connectivity index (χ3n) is 1.44. The van der Waals surface area contributed by atoms with Gasteiger partial charge < -0.3 is 9.84 Å². The maximum absolute atomic E-state index is 8.35. The second kappa shape index (κ2) is 7.17. The van der Waals surface area contributed by atoms with Crippen LogP contribution >= 0.6 is 22.6 Å². The summed E-state index contributed by atoms with van der Waals surface area (Å²) in [6.07, 6.45) is 0. The monoisotopic (exact) mass is 312 g/mol. The van der Waals surface area contributed by atoms with E-state index in [-0.39, 0.29) is 6.61 Å². The Balaban J connectivity index is 2.37. The molecule has 1 rings (SSSR count). The van der Waals surface area contributed by atoms with Crippen LogP contribution in [0.3, 0.4) is 0 Å². The molecular weight excluding hydrogens is 303 g/mol. The standard InChI is InChI=1S/C12H9IO2/c13-11-5-7-12(8-6-11)15-10-4-2-1-3-9-14/h5-8,14H,9-10H2. The van der Waals surface area contributed by atoms with Gasteiger partial charge in [-0.15, -0.1) is 0 Å². The van der Waals surface area contributed by atoms with Crippen molar-refractivity contribution in [1.82, 2.24) is 0 Å². The first-order chi connectivity index (χ1) is 7.33. The number of rotatable bonds is 2. The minimum absolute atomic E-state index is 0.160. The Morgan fingerprint density at radius 1 is 1.13 bits per heavy atom. The number of aliphatic hydroxyl groups excluding tert-OH is 1. The predicted octanol–water partition coefficient (Wildman–Crippen LogP) is 1.67. The summed E-state index contributed by atoms with van der Waals surface area (Å²) in [7, 11) is 0. The molecule has 0 aromatic heterocycles. The first-order valence-corrected chi connectivity index (χ1v) is 5.36.